The highest BCUT2D eigenvalue weighted by Crippen LogP contribution is 2.38. The molecule has 0 bridgehead atoms. The maximum Gasteiger partial charge on any atom is 0.507 e. The Kier molecular flexibility index (Phi) is 6.34. The molecule has 1 N–H and O–H groups in total. The number of nitrogens with one attached hydrogen (secondary N) is 1. The van der Waals surface area contributed by atoms with Crippen LogP contribution in [0.25, 0.3) is 0 Å². The Hall–Kier alpha value is -2.24. The molecule has 0 aromatic heterocycles. The Bertz CT molecular complexity index is 1110. The van der Waals surface area contributed by atoms with Crippen LogP contribution in [0.2, 0.25) is 5.02 Å². The first kappa shape index (κ1) is 22.4. The number of fused-ring (bicyclic) bond motifs is 1. The quantitative estimate of drug-likeness (QED) is 0.643. The van der Waals surface area contributed by atoms with Crippen LogP contribution in [0, 0.1) is 0 Å². The van der Waals surface area contributed by atoms with Gasteiger partial charge in [-0.1, -0.05) is 29.8 Å². The first-order valence-electron chi connectivity index (χ1n) is 8.42. The summed E-state index contributed by atoms with van der Waals surface area (Å²) in [5.41, 5.74) is -3.95. The van der Waals surface area contributed by atoms with Crippen LogP contribution in [0.4, 0.5) is 18.9 Å². The van der Waals surface area contributed by atoms with Crippen molar-refractivity contribution in [2.45, 2.75) is 23.4 Å². The summed E-state index contributed by atoms with van der Waals surface area (Å²) in [5.74, 6) is -0.834. The standard InChI is InChI=1S/C18H14ClF3N2O4S2/c19-13-5-6-14-12(7-13)8-17(26)24(14)10-16(25)23-9-11-3-1-2-4-15(11)29-30(27,28)18(20,21)22/h1-7H,8-10H2,(H,23,25). The molecule has 1 heterocycles. The molecule has 2 aromatic rings. The van der Waals surface area contributed by atoms with Crippen LogP contribution in [0.5, 0.6) is 0 Å². The summed E-state index contributed by atoms with van der Waals surface area (Å²) in [7, 11) is -5.76. The predicted octanol–water partition coefficient (Wildman–Crippen LogP) is 3.49. The summed E-state index contributed by atoms with van der Waals surface area (Å²) in [5, 5.41) is 2.97. The number of amides is 2. The third kappa shape index (κ3) is 4.90. The molecule has 12 heteroatoms. The lowest BCUT2D eigenvalue weighted by molar-refractivity contribution is -0.123. The van der Waals surface area contributed by atoms with Crippen molar-refractivity contribution in [3.05, 3.63) is 58.6 Å². The molecule has 2 amide bonds. The van der Waals surface area contributed by atoms with E-state index in [1.807, 2.05) is 0 Å². The summed E-state index contributed by atoms with van der Waals surface area (Å²) in [6.07, 6.45) is 0.109. The lowest BCUT2D eigenvalue weighted by Crippen LogP contribution is -2.38. The SMILES string of the molecule is O=C(CN1C(=O)Cc2cc(Cl)ccc21)NCc1ccccc1SS(=O)(=O)C(F)(F)F. The molecular formula is C18H14ClF3N2O4S2. The van der Waals surface area contributed by atoms with Crippen molar-refractivity contribution in [3.8, 4) is 0 Å². The van der Waals surface area contributed by atoms with E-state index in [4.69, 9.17) is 11.6 Å². The number of rotatable bonds is 6. The topological polar surface area (TPSA) is 83.6 Å². The van der Waals surface area contributed by atoms with Gasteiger partial charge in [0.15, 0.2) is 0 Å². The van der Waals surface area contributed by atoms with Crippen LogP contribution in [0.15, 0.2) is 47.4 Å². The van der Waals surface area contributed by atoms with Gasteiger partial charge in [-0.2, -0.15) is 13.2 Å². The van der Waals surface area contributed by atoms with E-state index in [0.717, 1.165) is 0 Å². The maximum atomic E-state index is 12.7. The predicted molar refractivity (Wildman–Crippen MR) is 107 cm³/mol. The maximum absolute atomic E-state index is 12.7. The Morgan fingerprint density at radius 3 is 2.60 bits per heavy atom. The van der Waals surface area contributed by atoms with E-state index >= 15 is 0 Å². The van der Waals surface area contributed by atoms with Crippen LogP contribution in [0.3, 0.4) is 0 Å². The zero-order valence-corrected chi connectivity index (χ0v) is 17.5. The Morgan fingerprint density at radius 1 is 1.20 bits per heavy atom. The molecule has 0 saturated carbocycles. The van der Waals surface area contributed by atoms with Gasteiger partial charge in [0.05, 0.1) is 6.42 Å². The van der Waals surface area contributed by atoms with Gasteiger partial charge in [-0.3, -0.25) is 9.59 Å². The molecule has 0 radical (unpaired) electrons. The highest BCUT2D eigenvalue weighted by Gasteiger charge is 2.46. The number of hydrogen-bond donors (Lipinski definition) is 1. The van der Waals surface area contributed by atoms with E-state index in [1.54, 1.807) is 18.2 Å². The largest absolute Gasteiger partial charge is 0.507 e. The number of alkyl halides is 3. The minimum absolute atomic E-state index is 0.109. The normalized spacial score (nSPS) is 14.0. The fourth-order valence-electron chi connectivity index (χ4n) is 2.81. The molecule has 0 unspecified atom stereocenters. The number of hydrogen-bond acceptors (Lipinski definition) is 5. The molecule has 160 valence electrons. The molecule has 6 nitrogen and oxygen atoms in total. The first-order chi connectivity index (χ1) is 14.0. The number of halogens is 4. The van der Waals surface area contributed by atoms with Crippen LogP contribution >= 0.6 is 22.4 Å². The number of anilines is 1. The van der Waals surface area contributed by atoms with Crippen molar-refractivity contribution < 1.29 is 31.2 Å². The molecule has 1 aliphatic rings. The van der Waals surface area contributed by atoms with E-state index in [2.05, 4.69) is 5.32 Å². The Balaban J connectivity index is 1.67. The lowest BCUT2D eigenvalue weighted by Gasteiger charge is -2.17. The highest BCUT2D eigenvalue weighted by atomic mass is 35.5. The van der Waals surface area contributed by atoms with Crippen molar-refractivity contribution >= 4 is 48.8 Å². The van der Waals surface area contributed by atoms with Crippen molar-refractivity contribution in [2.24, 2.45) is 0 Å². The summed E-state index contributed by atoms with van der Waals surface area (Å²) >= 11 is 5.91. The molecule has 2 aromatic carbocycles. The third-order valence-corrected chi connectivity index (χ3v) is 7.57. The van der Waals surface area contributed by atoms with Gasteiger partial charge >= 0.3 is 14.4 Å². The molecule has 0 fully saturated rings. The average Bonchev–Trinajstić information content (AvgIpc) is 2.94. The molecule has 0 aliphatic carbocycles. The zero-order chi connectivity index (χ0) is 22.1. The second-order valence-electron chi connectivity index (χ2n) is 6.30. The second kappa shape index (κ2) is 8.48. The second-order valence-corrected chi connectivity index (χ2v) is 10.5. The van der Waals surface area contributed by atoms with E-state index in [0.29, 0.717) is 16.3 Å². The van der Waals surface area contributed by atoms with Crippen LogP contribution in [-0.2, 0) is 31.4 Å². The number of benzene rings is 2. The van der Waals surface area contributed by atoms with E-state index in [9.17, 15) is 31.2 Å². The first-order valence-corrected chi connectivity index (χ1v) is 11.6. The molecule has 3 rings (SSSR count). The molecule has 30 heavy (non-hydrogen) atoms. The van der Waals surface area contributed by atoms with E-state index < -0.39 is 20.3 Å². The van der Waals surface area contributed by atoms with Crippen LogP contribution in [-0.4, -0.2) is 32.3 Å². The van der Waals surface area contributed by atoms with Crippen LogP contribution in [0.1, 0.15) is 11.1 Å². The Morgan fingerprint density at radius 2 is 1.90 bits per heavy atom. The molecule has 0 saturated heterocycles. The van der Waals surface area contributed by atoms with E-state index in [1.165, 1.54) is 29.2 Å². The van der Waals surface area contributed by atoms with Crippen molar-refractivity contribution in [3.63, 3.8) is 0 Å². The number of carbonyl (C=O) groups is 2. The minimum atomic E-state index is -5.43. The fraction of sp³-hybridized carbons (Fsp3) is 0.222. The van der Waals surface area contributed by atoms with Gasteiger partial charge in [-0.05, 0) is 35.4 Å². The summed E-state index contributed by atoms with van der Waals surface area (Å²) in [4.78, 5) is 25.6. The lowest BCUT2D eigenvalue weighted by atomic mass is 10.2. The minimum Gasteiger partial charge on any atom is -0.350 e. The Labute approximate surface area is 178 Å². The number of carbonyl (C=O) groups excluding carboxylic acids is 2. The van der Waals surface area contributed by atoms with Crippen molar-refractivity contribution in [1.29, 1.82) is 0 Å². The monoisotopic (exact) mass is 478 g/mol. The van der Waals surface area contributed by atoms with Crippen LogP contribution < -0.4 is 10.2 Å². The van der Waals surface area contributed by atoms with Gasteiger partial charge in [0.25, 0.3) is 0 Å². The van der Waals surface area contributed by atoms with Gasteiger partial charge < -0.3 is 10.2 Å². The number of nitrogens with zero attached hydrogens (tertiary/aromatic N) is 1. The van der Waals surface area contributed by atoms with Gasteiger partial charge in [0.2, 0.25) is 11.8 Å². The molecular weight excluding hydrogens is 465 g/mol. The van der Waals surface area contributed by atoms with Gasteiger partial charge in [0, 0.05) is 32.9 Å². The van der Waals surface area contributed by atoms with Crippen molar-refractivity contribution in [2.75, 3.05) is 11.4 Å². The average molecular weight is 479 g/mol. The molecule has 0 atom stereocenters. The summed E-state index contributed by atoms with van der Waals surface area (Å²) < 4.78 is 60.8. The van der Waals surface area contributed by atoms with Crippen molar-refractivity contribution in [1.82, 2.24) is 5.32 Å². The summed E-state index contributed by atoms with van der Waals surface area (Å²) in [6, 6.07) is 10.4. The fourth-order valence-corrected chi connectivity index (χ4v) is 5.20. The molecule has 1 aliphatic heterocycles. The van der Waals surface area contributed by atoms with Gasteiger partial charge in [0.1, 0.15) is 6.54 Å². The molecule has 0 spiro atoms. The van der Waals surface area contributed by atoms with Gasteiger partial charge in [-0.15, -0.1) is 0 Å². The zero-order valence-electron chi connectivity index (χ0n) is 15.1. The third-order valence-electron chi connectivity index (χ3n) is 4.21. The highest BCUT2D eigenvalue weighted by molar-refractivity contribution is 8.72. The van der Waals surface area contributed by atoms with E-state index in [-0.39, 0.29) is 46.7 Å². The van der Waals surface area contributed by atoms with Gasteiger partial charge in [-0.25, -0.2) is 8.42 Å². The smallest absolute Gasteiger partial charge is 0.350 e. The summed E-state index contributed by atoms with van der Waals surface area (Å²) in [6.45, 7) is -0.492.